The highest BCUT2D eigenvalue weighted by molar-refractivity contribution is 7.26. The maximum atomic E-state index is 5.14. The van der Waals surface area contributed by atoms with Gasteiger partial charge < -0.3 is 0 Å². The van der Waals surface area contributed by atoms with Gasteiger partial charge in [0.2, 0.25) is 0 Å². The lowest BCUT2D eigenvalue weighted by Gasteiger charge is -2.11. The number of fused-ring (bicyclic) bond motifs is 10. The molecule has 0 fully saturated rings. The molecule has 228 valence electrons. The van der Waals surface area contributed by atoms with E-state index in [-0.39, 0.29) is 0 Å². The third-order valence-electron chi connectivity index (χ3n) is 9.49. The molecule has 4 heteroatoms. The summed E-state index contributed by atoms with van der Waals surface area (Å²) in [5.41, 5.74) is 2.87. The minimum atomic E-state index is 0.646. The zero-order valence-corrected chi connectivity index (χ0v) is 27.2. The van der Waals surface area contributed by atoms with Gasteiger partial charge >= 0.3 is 0 Å². The SMILES string of the molecule is c1ccc(-c2nc(-c3ccccc3)nc(-c3ccc4cc3c3cccc(c3)c3ccccc3c3ccc5sc6cccc4c6c5c3)n2)cc1. The smallest absolute Gasteiger partial charge is 0.164 e. The monoisotopic (exact) mass is 641 g/mol. The first kappa shape index (κ1) is 27.8. The summed E-state index contributed by atoms with van der Waals surface area (Å²) in [5.74, 6) is 1.95. The van der Waals surface area contributed by atoms with Gasteiger partial charge in [0.1, 0.15) is 0 Å². The van der Waals surface area contributed by atoms with E-state index in [0.29, 0.717) is 17.5 Å². The van der Waals surface area contributed by atoms with Crippen LogP contribution in [-0.2, 0) is 0 Å². The van der Waals surface area contributed by atoms with E-state index in [2.05, 4.69) is 127 Å². The fourth-order valence-electron chi connectivity index (χ4n) is 7.15. The molecule has 0 unspecified atom stereocenters. The third-order valence-corrected chi connectivity index (χ3v) is 10.6. The number of rotatable bonds is 3. The Morgan fingerprint density at radius 1 is 0.327 bits per heavy atom. The molecular formula is C45H27N3S. The Morgan fingerprint density at radius 3 is 1.57 bits per heavy atom. The van der Waals surface area contributed by atoms with E-state index in [4.69, 9.17) is 15.0 Å². The minimum Gasteiger partial charge on any atom is -0.208 e. The quantitative estimate of drug-likeness (QED) is 0.193. The van der Waals surface area contributed by atoms with Crippen LogP contribution in [0.4, 0.5) is 0 Å². The molecule has 0 aliphatic rings. The lowest BCUT2D eigenvalue weighted by Crippen LogP contribution is -2.00. The van der Waals surface area contributed by atoms with Gasteiger partial charge in [-0.2, -0.15) is 0 Å². The maximum Gasteiger partial charge on any atom is 0.164 e. The predicted molar refractivity (Wildman–Crippen MR) is 208 cm³/mol. The molecule has 49 heavy (non-hydrogen) atoms. The van der Waals surface area contributed by atoms with Gasteiger partial charge in [0, 0.05) is 36.9 Å². The molecule has 0 amide bonds. The van der Waals surface area contributed by atoms with E-state index < -0.39 is 0 Å². The van der Waals surface area contributed by atoms with Gasteiger partial charge in [0.05, 0.1) is 0 Å². The standard InChI is InChI=1S/C45H27N3S/c1-3-11-28(12-4-1)43-46-44(29-13-5-2-6-14-29)48-45(47-43)37-23-21-33-26-38(37)31-16-9-15-30(25-31)34-17-7-8-18-35(34)32-22-24-40-39(27-32)42-36(33)19-10-20-41(42)49-40/h1-27H. The van der Waals surface area contributed by atoms with E-state index in [1.165, 1.54) is 47.1 Å². The van der Waals surface area contributed by atoms with Crippen LogP contribution < -0.4 is 0 Å². The van der Waals surface area contributed by atoms with Crippen LogP contribution in [0.1, 0.15) is 0 Å². The molecule has 2 heterocycles. The van der Waals surface area contributed by atoms with Crippen molar-refractivity contribution in [2.75, 3.05) is 0 Å². The molecule has 0 aliphatic heterocycles. The first-order chi connectivity index (χ1) is 24.3. The number of hydrogen-bond donors (Lipinski definition) is 0. The van der Waals surface area contributed by atoms with Crippen molar-refractivity contribution in [1.29, 1.82) is 0 Å². The molecule has 6 bridgehead atoms. The number of nitrogens with zero attached hydrogens (tertiary/aromatic N) is 3. The predicted octanol–water partition coefficient (Wildman–Crippen LogP) is 12.4. The molecule has 0 N–H and O–H groups in total. The lowest BCUT2D eigenvalue weighted by molar-refractivity contribution is 1.08. The van der Waals surface area contributed by atoms with Gasteiger partial charge in [-0.05, 0) is 79.5 Å². The van der Waals surface area contributed by atoms with Crippen molar-refractivity contribution >= 4 is 74.6 Å². The van der Waals surface area contributed by atoms with Crippen LogP contribution in [-0.4, -0.2) is 15.0 Å². The Balaban J connectivity index is 1.38. The first-order valence-electron chi connectivity index (χ1n) is 16.4. The van der Waals surface area contributed by atoms with Gasteiger partial charge in [0.25, 0.3) is 0 Å². The Hall–Kier alpha value is -6.23. The number of aromatic nitrogens is 3. The molecule has 0 saturated heterocycles. The fraction of sp³-hybridized carbons (Fsp3) is 0. The number of hydrogen-bond acceptors (Lipinski definition) is 4. The van der Waals surface area contributed by atoms with Gasteiger partial charge in [-0.15, -0.1) is 11.3 Å². The molecule has 3 nitrogen and oxygen atoms in total. The Labute approximate surface area is 286 Å². The van der Waals surface area contributed by atoms with Crippen LogP contribution in [0.2, 0.25) is 0 Å². The zero-order valence-electron chi connectivity index (χ0n) is 26.3. The highest BCUT2D eigenvalue weighted by Gasteiger charge is 2.16. The van der Waals surface area contributed by atoms with Crippen LogP contribution in [0, 0.1) is 0 Å². The normalized spacial score (nSPS) is 11.7. The molecule has 0 spiro atoms. The van der Waals surface area contributed by atoms with Crippen LogP contribution in [0.15, 0.2) is 164 Å². The second-order valence-corrected chi connectivity index (χ2v) is 13.5. The Bertz CT molecular complexity index is 2870. The second kappa shape index (κ2) is 11.2. The summed E-state index contributed by atoms with van der Waals surface area (Å²) in [7, 11) is 0. The van der Waals surface area contributed by atoms with E-state index in [1.54, 1.807) is 0 Å². The summed E-state index contributed by atoms with van der Waals surface area (Å²) in [6.07, 6.45) is 0. The maximum absolute atomic E-state index is 5.14. The van der Waals surface area contributed by atoms with Crippen molar-refractivity contribution in [2.45, 2.75) is 0 Å². The minimum absolute atomic E-state index is 0.646. The van der Waals surface area contributed by atoms with Crippen molar-refractivity contribution in [3.63, 3.8) is 0 Å². The van der Waals surface area contributed by atoms with Gasteiger partial charge in [-0.3, -0.25) is 0 Å². The van der Waals surface area contributed by atoms with E-state index in [9.17, 15) is 0 Å². The van der Waals surface area contributed by atoms with E-state index in [1.807, 2.05) is 47.7 Å². The van der Waals surface area contributed by atoms with Crippen LogP contribution >= 0.6 is 11.3 Å². The second-order valence-electron chi connectivity index (χ2n) is 12.4. The number of thiophene rings is 1. The number of benzene rings is 7. The summed E-state index contributed by atoms with van der Waals surface area (Å²) in [4.78, 5) is 15.2. The third kappa shape index (κ3) is 4.68. The molecule has 8 aromatic carbocycles. The van der Waals surface area contributed by atoms with Gasteiger partial charge in [-0.25, -0.2) is 15.0 Å². The van der Waals surface area contributed by atoms with Crippen molar-refractivity contribution in [3.8, 4) is 34.2 Å². The largest absolute Gasteiger partial charge is 0.208 e. The summed E-state index contributed by atoms with van der Waals surface area (Å²) in [5, 5.41) is 12.0. The van der Waals surface area contributed by atoms with Crippen molar-refractivity contribution in [3.05, 3.63) is 164 Å². The van der Waals surface area contributed by atoms with Crippen molar-refractivity contribution < 1.29 is 0 Å². The summed E-state index contributed by atoms with van der Waals surface area (Å²) >= 11 is 1.86. The highest BCUT2D eigenvalue weighted by Crippen LogP contribution is 2.40. The molecule has 2 aromatic heterocycles. The van der Waals surface area contributed by atoms with Crippen LogP contribution in [0.3, 0.4) is 0 Å². The summed E-state index contributed by atoms with van der Waals surface area (Å²) in [6.45, 7) is 0. The lowest BCUT2D eigenvalue weighted by atomic mass is 9.99. The highest BCUT2D eigenvalue weighted by atomic mass is 32.1. The van der Waals surface area contributed by atoms with E-state index in [0.717, 1.165) is 32.8 Å². The molecule has 0 aliphatic carbocycles. The molecule has 0 radical (unpaired) electrons. The van der Waals surface area contributed by atoms with Crippen molar-refractivity contribution in [1.82, 2.24) is 15.0 Å². The molecular weight excluding hydrogens is 615 g/mol. The van der Waals surface area contributed by atoms with Crippen LogP contribution in [0.5, 0.6) is 0 Å². The van der Waals surface area contributed by atoms with Crippen LogP contribution in [0.25, 0.3) is 97.4 Å². The van der Waals surface area contributed by atoms with Crippen molar-refractivity contribution in [2.24, 2.45) is 0 Å². The Morgan fingerprint density at radius 2 is 0.857 bits per heavy atom. The van der Waals surface area contributed by atoms with Gasteiger partial charge in [-0.1, -0.05) is 127 Å². The summed E-state index contributed by atoms with van der Waals surface area (Å²) < 4.78 is 2.58. The molecule has 0 saturated carbocycles. The average Bonchev–Trinajstić information content (AvgIpc) is 3.56. The summed E-state index contributed by atoms with van der Waals surface area (Å²) in [6, 6.07) is 58.3. The average molecular weight is 642 g/mol. The first-order valence-corrected chi connectivity index (χ1v) is 17.3. The zero-order chi connectivity index (χ0) is 32.3. The molecule has 10 rings (SSSR count). The van der Waals surface area contributed by atoms with E-state index >= 15 is 0 Å². The Kier molecular flexibility index (Phi) is 6.36. The van der Waals surface area contributed by atoms with Gasteiger partial charge in [0.15, 0.2) is 17.5 Å². The molecule has 10 aromatic rings. The topological polar surface area (TPSA) is 38.7 Å². The fourth-order valence-corrected chi connectivity index (χ4v) is 8.26. The molecule has 0 atom stereocenters.